The Morgan fingerprint density at radius 2 is 2.00 bits per heavy atom. The van der Waals surface area contributed by atoms with Crippen LogP contribution in [-0.2, 0) is 13.0 Å². The number of fused-ring (bicyclic) bond motifs is 1. The van der Waals surface area contributed by atoms with Crippen molar-refractivity contribution in [1.82, 2.24) is 10.2 Å². The van der Waals surface area contributed by atoms with Gasteiger partial charge in [0.1, 0.15) is 5.75 Å². The molecule has 0 amide bonds. The first kappa shape index (κ1) is 11.8. The van der Waals surface area contributed by atoms with Crippen LogP contribution in [0.15, 0.2) is 22.6 Å². The Kier molecular flexibility index (Phi) is 3.20. The SMILES string of the molecule is NCCc1nnc(COc2ccc3c(c2)OCO3)o1. The maximum absolute atomic E-state index is 5.55. The first-order valence-corrected chi connectivity index (χ1v) is 5.89. The molecule has 1 aliphatic rings. The van der Waals surface area contributed by atoms with Crippen molar-refractivity contribution in [2.24, 2.45) is 5.73 Å². The highest BCUT2D eigenvalue weighted by atomic mass is 16.7. The Morgan fingerprint density at radius 1 is 1.16 bits per heavy atom. The molecule has 19 heavy (non-hydrogen) atoms. The molecule has 7 heteroatoms. The number of hydrogen-bond donors (Lipinski definition) is 1. The summed E-state index contributed by atoms with van der Waals surface area (Å²) in [4.78, 5) is 0. The van der Waals surface area contributed by atoms with Crippen LogP contribution in [0.1, 0.15) is 11.8 Å². The van der Waals surface area contributed by atoms with Crippen LogP contribution in [0.3, 0.4) is 0 Å². The highest BCUT2D eigenvalue weighted by Crippen LogP contribution is 2.35. The molecular formula is C12H13N3O4. The fourth-order valence-corrected chi connectivity index (χ4v) is 1.68. The number of nitrogens with zero attached hydrogens (tertiary/aromatic N) is 2. The topological polar surface area (TPSA) is 92.6 Å². The van der Waals surface area contributed by atoms with Crippen LogP contribution >= 0.6 is 0 Å². The molecule has 0 saturated carbocycles. The quantitative estimate of drug-likeness (QED) is 0.855. The average molecular weight is 263 g/mol. The van der Waals surface area contributed by atoms with E-state index in [4.69, 9.17) is 24.4 Å². The molecule has 3 rings (SSSR count). The minimum Gasteiger partial charge on any atom is -0.484 e. The maximum atomic E-state index is 5.55. The standard InChI is InChI=1S/C12H13N3O4/c13-4-3-11-14-15-12(19-11)6-16-8-1-2-9-10(5-8)18-7-17-9/h1-2,5H,3-4,6-7,13H2. The predicted molar refractivity (Wildman–Crippen MR) is 64.0 cm³/mol. The molecule has 0 radical (unpaired) electrons. The van der Waals surface area contributed by atoms with Gasteiger partial charge in [0, 0.05) is 19.0 Å². The summed E-state index contributed by atoms with van der Waals surface area (Å²) in [7, 11) is 0. The summed E-state index contributed by atoms with van der Waals surface area (Å²) in [6.07, 6.45) is 0.566. The Hall–Kier alpha value is -2.28. The summed E-state index contributed by atoms with van der Waals surface area (Å²) in [5.74, 6) is 2.98. The van der Waals surface area contributed by atoms with Gasteiger partial charge in [-0.3, -0.25) is 0 Å². The minimum atomic E-state index is 0.206. The fraction of sp³-hybridized carbons (Fsp3) is 0.333. The number of ether oxygens (including phenoxy) is 3. The van der Waals surface area contributed by atoms with Crippen molar-refractivity contribution in [2.75, 3.05) is 13.3 Å². The first-order chi connectivity index (χ1) is 9.35. The van der Waals surface area contributed by atoms with E-state index in [0.717, 1.165) is 5.75 Å². The summed E-state index contributed by atoms with van der Waals surface area (Å²) < 4.78 is 21.4. The van der Waals surface area contributed by atoms with Gasteiger partial charge < -0.3 is 24.4 Å². The molecule has 0 atom stereocenters. The smallest absolute Gasteiger partial charge is 0.253 e. The third-order valence-corrected chi connectivity index (χ3v) is 2.57. The van der Waals surface area contributed by atoms with Crippen LogP contribution in [0.5, 0.6) is 17.2 Å². The van der Waals surface area contributed by atoms with Gasteiger partial charge in [-0.05, 0) is 12.1 Å². The van der Waals surface area contributed by atoms with Crippen LogP contribution in [0, 0.1) is 0 Å². The summed E-state index contributed by atoms with van der Waals surface area (Å²) in [6.45, 7) is 0.923. The summed E-state index contributed by atoms with van der Waals surface area (Å²) in [6, 6.07) is 5.36. The lowest BCUT2D eigenvalue weighted by Crippen LogP contribution is -2.02. The van der Waals surface area contributed by atoms with Crippen molar-refractivity contribution in [3.63, 3.8) is 0 Å². The van der Waals surface area contributed by atoms with Crippen molar-refractivity contribution in [3.8, 4) is 17.2 Å². The monoisotopic (exact) mass is 263 g/mol. The summed E-state index contributed by atoms with van der Waals surface area (Å²) in [5, 5.41) is 7.72. The van der Waals surface area contributed by atoms with Gasteiger partial charge in [0.25, 0.3) is 5.89 Å². The van der Waals surface area contributed by atoms with Crippen molar-refractivity contribution >= 4 is 0 Å². The number of hydrogen-bond acceptors (Lipinski definition) is 7. The van der Waals surface area contributed by atoms with Gasteiger partial charge in [-0.15, -0.1) is 10.2 Å². The van der Waals surface area contributed by atoms with Crippen LogP contribution in [0.4, 0.5) is 0 Å². The second-order valence-corrected chi connectivity index (χ2v) is 3.93. The molecule has 0 saturated heterocycles. The van der Waals surface area contributed by atoms with E-state index in [-0.39, 0.29) is 13.4 Å². The van der Waals surface area contributed by atoms with Crippen LogP contribution in [-0.4, -0.2) is 23.5 Å². The zero-order valence-electron chi connectivity index (χ0n) is 10.2. The normalized spacial score (nSPS) is 12.7. The van der Waals surface area contributed by atoms with Crippen LogP contribution in [0.25, 0.3) is 0 Å². The third kappa shape index (κ3) is 2.60. The van der Waals surface area contributed by atoms with Gasteiger partial charge in [-0.25, -0.2) is 0 Å². The highest BCUT2D eigenvalue weighted by Gasteiger charge is 2.14. The predicted octanol–water partition coefficient (Wildman–Crippen LogP) is 0.878. The van der Waals surface area contributed by atoms with Gasteiger partial charge in [0.05, 0.1) is 0 Å². The fourth-order valence-electron chi connectivity index (χ4n) is 1.68. The van der Waals surface area contributed by atoms with Gasteiger partial charge in [0.15, 0.2) is 18.1 Å². The van der Waals surface area contributed by atoms with E-state index in [0.29, 0.717) is 36.2 Å². The zero-order chi connectivity index (χ0) is 13.1. The van der Waals surface area contributed by atoms with E-state index in [2.05, 4.69) is 10.2 Å². The van der Waals surface area contributed by atoms with Crippen molar-refractivity contribution in [2.45, 2.75) is 13.0 Å². The second kappa shape index (κ2) is 5.15. The number of benzene rings is 1. The largest absolute Gasteiger partial charge is 0.484 e. The molecule has 0 aliphatic carbocycles. The van der Waals surface area contributed by atoms with Crippen molar-refractivity contribution in [3.05, 3.63) is 30.0 Å². The van der Waals surface area contributed by atoms with E-state index in [1.54, 1.807) is 18.2 Å². The van der Waals surface area contributed by atoms with E-state index in [1.165, 1.54) is 0 Å². The molecule has 7 nitrogen and oxygen atoms in total. The molecule has 0 bridgehead atoms. The van der Waals surface area contributed by atoms with Crippen molar-refractivity contribution < 1.29 is 18.6 Å². The lowest BCUT2D eigenvalue weighted by Gasteiger charge is -2.03. The molecule has 0 spiro atoms. The molecule has 0 fully saturated rings. The summed E-state index contributed by atoms with van der Waals surface area (Å²) >= 11 is 0. The van der Waals surface area contributed by atoms with E-state index in [9.17, 15) is 0 Å². The molecule has 2 heterocycles. The first-order valence-electron chi connectivity index (χ1n) is 5.89. The number of rotatable bonds is 5. The van der Waals surface area contributed by atoms with E-state index < -0.39 is 0 Å². The van der Waals surface area contributed by atoms with Crippen LogP contribution in [0.2, 0.25) is 0 Å². The van der Waals surface area contributed by atoms with Gasteiger partial charge >= 0.3 is 0 Å². The Balaban J connectivity index is 1.62. The average Bonchev–Trinajstić information content (AvgIpc) is 3.04. The zero-order valence-corrected chi connectivity index (χ0v) is 10.2. The van der Waals surface area contributed by atoms with Crippen LogP contribution < -0.4 is 19.9 Å². The molecule has 1 aliphatic heterocycles. The van der Waals surface area contributed by atoms with Gasteiger partial charge in [0.2, 0.25) is 12.7 Å². The van der Waals surface area contributed by atoms with Gasteiger partial charge in [-0.1, -0.05) is 0 Å². The van der Waals surface area contributed by atoms with Crippen molar-refractivity contribution in [1.29, 1.82) is 0 Å². The molecule has 1 aromatic heterocycles. The molecule has 100 valence electrons. The molecular weight excluding hydrogens is 250 g/mol. The minimum absolute atomic E-state index is 0.206. The molecule has 1 aromatic carbocycles. The molecule has 0 unspecified atom stereocenters. The maximum Gasteiger partial charge on any atom is 0.253 e. The van der Waals surface area contributed by atoms with E-state index in [1.807, 2.05) is 0 Å². The number of nitrogens with two attached hydrogens (primary N) is 1. The second-order valence-electron chi connectivity index (χ2n) is 3.93. The lowest BCUT2D eigenvalue weighted by atomic mass is 10.3. The van der Waals surface area contributed by atoms with Gasteiger partial charge in [-0.2, -0.15) is 0 Å². The Morgan fingerprint density at radius 3 is 2.89 bits per heavy atom. The summed E-state index contributed by atoms with van der Waals surface area (Å²) in [5.41, 5.74) is 5.40. The van der Waals surface area contributed by atoms with E-state index >= 15 is 0 Å². The Labute approximate surface area is 109 Å². The Bertz CT molecular complexity index is 570. The third-order valence-electron chi connectivity index (χ3n) is 2.57. The lowest BCUT2D eigenvalue weighted by molar-refractivity contribution is 0.173. The molecule has 2 N–H and O–H groups in total. The number of aromatic nitrogens is 2. The molecule has 2 aromatic rings. The highest BCUT2D eigenvalue weighted by molar-refractivity contribution is 5.46.